The Morgan fingerprint density at radius 2 is 2.14 bits per heavy atom. The van der Waals surface area contributed by atoms with Crippen LogP contribution in [0.5, 0.6) is 0 Å². The van der Waals surface area contributed by atoms with Crippen molar-refractivity contribution in [1.29, 1.82) is 0 Å². The number of hydrogen-bond donors (Lipinski definition) is 1. The molecule has 6 heteroatoms. The van der Waals surface area contributed by atoms with Crippen LogP contribution in [0.25, 0.3) is 11.1 Å². The maximum Gasteiger partial charge on any atom is 0.354 e. The highest BCUT2D eigenvalue weighted by Crippen LogP contribution is 2.22. The summed E-state index contributed by atoms with van der Waals surface area (Å²) in [6.45, 7) is 3.05. The largest absolute Gasteiger partial charge is 0.464 e. The summed E-state index contributed by atoms with van der Waals surface area (Å²) in [6.07, 6.45) is 4.70. The van der Waals surface area contributed by atoms with E-state index in [0.29, 0.717) is 24.4 Å². The van der Waals surface area contributed by atoms with Gasteiger partial charge in [-0.15, -0.1) is 0 Å². The summed E-state index contributed by atoms with van der Waals surface area (Å²) in [7, 11) is 1.35. The molecule has 1 saturated heterocycles. The number of fused-ring (bicyclic) bond motifs is 1. The minimum atomic E-state index is -0.535. The standard InChI is InChI=1S/C16H22N2O4/c1-21-16(20)14-9-15-13(5-8-22-15)18(14)11-12(19)10-17-6-3-2-4-7-17/h5,8-9,12,19H,2-4,6-7,10-11H2,1H3/t12-/m1/s1. The van der Waals surface area contributed by atoms with Crippen LogP contribution in [0, 0.1) is 0 Å². The minimum absolute atomic E-state index is 0.351. The molecule has 1 N–H and O–H groups in total. The molecule has 0 saturated carbocycles. The summed E-state index contributed by atoms with van der Waals surface area (Å²) in [5, 5.41) is 10.4. The van der Waals surface area contributed by atoms with Crippen LogP contribution in [0.2, 0.25) is 0 Å². The van der Waals surface area contributed by atoms with Crippen LogP contribution in [0.15, 0.2) is 22.8 Å². The Morgan fingerprint density at radius 3 is 2.86 bits per heavy atom. The average molecular weight is 306 g/mol. The lowest BCUT2D eigenvalue weighted by atomic mass is 10.1. The van der Waals surface area contributed by atoms with Gasteiger partial charge in [0.05, 0.1) is 31.5 Å². The lowest BCUT2D eigenvalue weighted by Crippen LogP contribution is -2.38. The van der Waals surface area contributed by atoms with Crippen LogP contribution in [0.3, 0.4) is 0 Å². The Kier molecular flexibility index (Phi) is 4.49. The Hall–Kier alpha value is -1.79. The van der Waals surface area contributed by atoms with E-state index < -0.39 is 12.1 Å². The lowest BCUT2D eigenvalue weighted by Gasteiger charge is -2.28. The van der Waals surface area contributed by atoms with Gasteiger partial charge < -0.3 is 23.7 Å². The maximum atomic E-state index is 11.9. The van der Waals surface area contributed by atoms with Crippen LogP contribution in [0.4, 0.5) is 0 Å². The van der Waals surface area contributed by atoms with E-state index in [-0.39, 0.29) is 0 Å². The van der Waals surface area contributed by atoms with E-state index in [9.17, 15) is 9.90 Å². The van der Waals surface area contributed by atoms with E-state index in [2.05, 4.69) is 4.90 Å². The Balaban J connectivity index is 1.76. The average Bonchev–Trinajstić information content (AvgIpc) is 3.10. The quantitative estimate of drug-likeness (QED) is 0.854. The number of nitrogens with zero attached hydrogens (tertiary/aromatic N) is 2. The molecule has 1 aliphatic rings. The van der Waals surface area contributed by atoms with E-state index in [1.54, 1.807) is 23.0 Å². The van der Waals surface area contributed by atoms with Crippen molar-refractivity contribution in [3.05, 3.63) is 24.1 Å². The normalized spacial score (nSPS) is 17.7. The number of ether oxygens (including phenoxy) is 1. The van der Waals surface area contributed by atoms with E-state index in [0.717, 1.165) is 18.6 Å². The molecule has 22 heavy (non-hydrogen) atoms. The molecule has 2 aromatic heterocycles. The molecule has 0 aromatic carbocycles. The number of rotatable bonds is 5. The molecular formula is C16H22N2O4. The second kappa shape index (κ2) is 6.54. The number of methoxy groups -OCH3 is 1. The zero-order valence-corrected chi connectivity index (χ0v) is 12.8. The van der Waals surface area contributed by atoms with E-state index in [1.165, 1.54) is 26.4 Å². The van der Waals surface area contributed by atoms with E-state index in [4.69, 9.17) is 9.15 Å². The molecule has 0 amide bonds. The maximum absolute atomic E-state index is 11.9. The van der Waals surface area contributed by atoms with Crippen molar-refractivity contribution in [2.75, 3.05) is 26.7 Å². The highest BCUT2D eigenvalue weighted by atomic mass is 16.5. The fourth-order valence-corrected chi connectivity index (χ4v) is 3.16. The van der Waals surface area contributed by atoms with Gasteiger partial charge in [0.2, 0.25) is 0 Å². The van der Waals surface area contributed by atoms with Crippen molar-refractivity contribution in [2.45, 2.75) is 31.9 Å². The summed E-state index contributed by atoms with van der Waals surface area (Å²) in [5.74, 6) is -0.420. The van der Waals surface area contributed by atoms with Gasteiger partial charge in [-0.1, -0.05) is 6.42 Å². The molecule has 3 heterocycles. The number of carbonyl (C=O) groups excluding carboxylic acids is 1. The van der Waals surface area contributed by atoms with Crippen LogP contribution in [0.1, 0.15) is 29.8 Å². The van der Waals surface area contributed by atoms with Gasteiger partial charge in [-0.2, -0.15) is 0 Å². The number of furan rings is 1. The van der Waals surface area contributed by atoms with Crippen molar-refractivity contribution in [1.82, 2.24) is 9.47 Å². The van der Waals surface area contributed by atoms with Crippen molar-refractivity contribution >= 4 is 17.1 Å². The molecule has 0 radical (unpaired) electrons. The summed E-state index contributed by atoms with van der Waals surface area (Å²) in [5.41, 5.74) is 1.85. The molecule has 0 spiro atoms. The fourth-order valence-electron chi connectivity index (χ4n) is 3.16. The third kappa shape index (κ3) is 3.03. The summed E-state index contributed by atoms with van der Waals surface area (Å²) in [6, 6.07) is 3.46. The first kappa shape index (κ1) is 15.1. The summed E-state index contributed by atoms with van der Waals surface area (Å²) >= 11 is 0. The molecule has 120 valence electrons. The number of aromatic nitrogens is 1. The second-order valence-electron chi connectivity index (χ2n) is 5.82. The SMILES string of the molecule is COC(=O)c1cc2occc2n1C[C@H](O)CN1CCCCC1. The first-order valence-electron chi connectivity index (χ1n) is 7.74. The Labute approximate surface area is 129 Å². The highest BCUT2D eigenvalue weighted by Gasteiger charge is 2.21. The van der Waals surface area contributed by atoms with Crippen LogP contribution in [-0.2, 0) is 11.3 Å². The molecule has 0 unspecified atom stereocenters. The number of carbonyl (C=O) groups is 1. The van der Waals surface area contributed by atoms with Crippen LogP contribution >= 0.6 is 0 Å². The van der Waals surface area contributed by atoms with Gasteiger partial charge in [0.25, 0.3) is 0 Å². The minimum Gasteiger partial charge on any atom is -0.464 e. The van der Waals surface area contributed by atoms with Gasteiger partial charge >= 0.3 is 5.97 Å². The lowest BCUT2D eigenvalue weighted by molar-refractivity contribution is 0.0576. The van der Waals surface area contributed by atoms with Crippen molar-refractivity contribution in [3.63, 3.8) is 0 Å². The number of aliphatic hydroxyl groups excluding tert-OH is 1. The number of esters is 1. The Morgan fingerprint density at radius 1 is 1.36 bits per heavy atom. The first-order valence-corrected chi connectivity index (χ1v) is 7.74. The van der Waals surface area contributed by atoms with Crippen molar-refractivity contribution in [3.8, 4) is 0 Å². The van der Waals surface area contributed by atoms with Gasteiger partial charge in [-0.25, -0.2) is 4.79 Å². The van der Waals surface area contributed by atoms with Crippen molar-refractivity contribution < 1.29 is 19.1 Å². The van der Waals surface area contributed by atoms with Gasteiger partial charge in [0.15, 0.2) is 5.58 Å². The molecule has 2 aromatic rings. The van der Waals surface area contributed by atoms with Gasteiger partial charge in [-0.05, 0) is 25.9 Å². The molecule has 6 nitrogen and oxygen atoms in total. The Bertz CT molecular complexity index is 640. The summed E-state index contributed by atoms with van der Waals surface area (Å²) < 4.78 is 11.9. The summed E-state index contributed by atoms with van der Waals surface area (Å²) in [4.78, 5) is 14.2. The van der Waals surface area contributed by atoms with E-state index >= 15 is 0 Å². The molecular weight excluding hydrogens is 284 g/mol. The van der Waals surface area contributed by atoms with Crippen molar-refractivity contribution in [2.24, 2.45) is 0 Å². The smallest absolute Gasteiger partial charge is 0.354 e. The molecule has 1 aliphatic heterocycles. The number of hydrogen-bond acceptors (Lipinski definition) is 5. The monoisotopic (exact) mass is 306 g/mol. The third-order valence-electron chi connectivity index (χ3n) is 4.23. The third-order valence-corrected chi connectivity index (χ3v) is 4.23. The topological polar surface area (TPSA) is 67.8 Å². The van der Waals surface area contributed by atoms with E-state index in [1.807, 2.05) is 0 Å². The molecule has 0 aliphatic carbocycles. The second-order valence-corrected chi connectivity index (χ2v) is 5.82. The van der Waals surface area contributed by atoms with Gasteiger partial charge in [0, 0.05) is 18.7 Å². The number of likely N-dealkylation sites (tertiary alicyclic amines) is 1. The number of aliphatic hydroxyl groups is 1. The number of piperidine rings is 1. The number of β-amino-alcohol motifs (C(OH)–C–C–N with tert-alkyl or cyclic N) is 1. The van der Waals surface area contributed by atoms with Gasteiger partial charge in [-0.3, -0.25) is 0 Å². The fraction of sp³-hybridized carbons (Fsp3) is 0.562. The molecule has 1 atom stereocenters. The predicted molar refractivity (Wildman–Crippen MR) is 81.8 cm³/mol. The van der Waals surface area contributed by atoms with Crippen LogP contribution < -0.4 is 0 Å². The molecule has 3 rings (SSSR count). The highest BCUT2D eigenvalue weighted by molar-refractivity contribution is 5.93. The van der Waals surface area contributed by atoms with Crippen LogP contribution in [-0.4, -0.2) is 53.4 Å². The van der Waals surface area contributed by atoms with Gasteiger partial charge in [0.1, 0.15) is 5.69 Å². The molecule has 0 bridgehead atoms. The zero-order valence-electron chi connectivity index (χ0n) is 12.8. The molecule has 1 fully saturated rings. The zero-order chi connectivity index (χ0) is 15.5. The predicted octanol–water partition coefficient (Wildman–Crippen LogP) is 1.87. The first-order chi connectivity index (χ1) is 10.7.